The summed E-state index contributed by atoms with van der Waals surface area (Å²) in [5.74, 6) is -0.612. The highest BCUT2D eigenvalue weighted by Gasteiger charge is 2.11. The van der Waals surface area contributed by atoms with Crippen LogP contribution in [0.15, 0.2) is 30.5 Å². The van der Waals surface area contributed by atoms with Gasteiger partial charge in [0.15, 0.2) is 5.69 Å². The number of aromatic nitrogens is 2. The Labute approximate surface area is 97.6 Å². The smallest absolute Gasteiger partial charge is 0.272 e. The lowest BCUT2D eigenvalue weighted by Crippen LogP contribution is -2.35. The Morgan fingerprint density at radius 2 is 2.24 bits per heavy atom. The van der Waals surface area contributed by atoms with Crippen LogP contribution < -0.4 is 10.6 Å². The van der Waals surface area contributed by atoms with Gasteiger partial charge >= 0.3 is 0 Å². The maximum absolute atomic E-state index is 11.7. The maximum atomic E-state index is 11.7. The molecule has 0 aliphatic rings. The van der Waals surface area contributed by atoms with Gasteiger partial charge in [-0.15, -0.1) is 0 Å². The van der Waals surface area contributed by atoms with E-state index in [1.807, 2.05) is 18.2 Å². The van der Waals surface area contributed by atoms with Crippen molar-refractivity contribution in [1.29, 1.82) is 0 Å². The molecule has 2 heterocycles. The van der Waals surface area contributed by atoms with E-state index in [1.165, 1.54) is 7.05 Å². The first kappa shape index (κ1) is 11.1. The highest BCUT2D eigenvalue weighted by molar-refractivity contribution is 5.95. The first-order chi connectivity index (χ1) is 8.20. The molecule has 6 nitrogen and oxygen atoms in total. The summed E-state index contributed by atoms with van der Waals surface area (Å²) >= 11 is 0. The quantitative estimate of drug-likeness (QED) is 0.770. The summed E-state index contributed by atoms with van der Waals surface area (Å²) in [7, 11) is 1.51. The predicted octanol–water partition coefficient (Wildman–Crippen LogP) is -0.190. The maximum Gasteiger partial charge on any atom is 0.272 e. The molecule has 88 valence electrons. The van der Waals surface area contributed by atoms with Crippen molar-refractivity contribution in [2.75, 3.05) is 13.6 Å². The monoisotopic (exact) mass is 232 g/mol. The lowest BCUT2D eigenvalue weighted by molar-refractivity contribution is -0.119. The fourth-order valence-corrected chi connectivity index (χ4v) is 1.39. The second-order valence-corrected chi connectivity index (χ2v) is 3.46. The second-order valence-electron chi connectivity index (χ2n) is 3.46. The van der Waals surface area contributed by atoms with E-state index in [2.05, 4.69) is 15.7 Å². The largest absolute Gasteiger partial charge is 0.358 e. The van der Waals surface area contributed by atoms with Crippen LogP contribution in [0.5, 0.6) is 0 Å². The lowest BCUT2D eigenvalue weighted by Gasteiger charge is -2.00. The molecule has 0 atom stereocenters. The number of rotatable bonds is 3. The number of nitrogens with one attached hydrogen (secondary N) is 2. The molecule has 0 bridgehead atoms. The normalized spacial score (nSPS) is 10.2. The van der Waals surface area contributed by atoms with Crippen LogP contribution in [0.25, 0.3) is 5.52 Å². The molecule has 6 heteroatoms. The van der Waals surface area contributed by atoms with Gasteiger partial charge in [0.05, 0.1) is 12.1 Å². The van der Waals surface area contributed by atoms with E-state index >= 15 is 0 Å². The van der Waals surface area contributed by atoms with Crippen molar-refractivity contribution in [3.8, 4) is 0 Å². The fourth-order valence-electron chi connectivity index (χ4n) is 1.39. The van der Waals surface area contributed by atoms with Crippen LogP contribution in [0.4, 0.5) is 0 Å². The van der Waals surface area contributed by atoms with Gasteiger partial charge in [-0.05, 0) is 18.2 Å². The van der Waals surface area contributed by atoms with Crippen molar-refractivity contribution < 1.29 is 9.59 Å². The number of amides is 2. The highest BCUT2D eigenvalue weighted by Crippen LogP contribution is 2.05. The molecular weight excluding hydrogens is 220 g/mol. The van der Waals surface area contributed by atoms with Crippen LogP contribution in [0.3, 0.4) is 0 Å². The van der Waals surface area contributed by atoms with Gasteiger partial charge in [-0.3, -0.25) is 9.59 Å². The van der Waals surface area contributed by atoms with Gasteiger partial charge in [-0.2, -0.15) is 5.10 Å². The minimum Gasteiger partial charge on any atom is -0.358 e. The Kier molecular flexibility index (Phi) is 3.04. The molecule has 0 unspecified atom stereocenters. The van der Waals surface area contributed by atoms with Gasteiger partial charge in [0.1, 0.15) is 0 Å². The Balaban J connectivity index is 2.11. The summed E-state index contributed by atoms with van der Waals surface area (Å²) in [4.78, 5) is 22.6. The van der Waals surface area contributed by atoms with Crippen molar-refractivity contribution in [3.05, 3.63) is 36.2 Å². The summed E-state index contributed by atoms with van der Waals surface area (Å²) < 4.78 is 1.61. The predicted molar refractivity (Wildman–Crippen MR) is 61.6 cm³/mol. The van der Waals surface area contributed by atoms with Crippen LogP contribution in [0, 0.1) is 0 Å². The molecule has 2 N–H and O–H groups in total. The summed E-state index contributed by atoms with van der Waals surface area (Å²) in [6.07, 6.45) is 1.75. The van der Waals surface area contributed by atoms with E-state index in [-0.39, 0.29) is 18.4 Å². The van der Waals surface area contributed by atoms with Crippen molar-refractivity contribution in [2.24, 2.45) is 0 Å². The number of pyridine rings is 1. The standard InChI is InChI=1S/C11H12N4O2/c1-12-10(16)7-13-11(17)9-6-8-4-2-3-5-15(8)14-9/h2-6H,7H2,1H3,(H,12,16)(H,13,17). The Bertz CT molecular complexity index is 528. The molecule has 2 amide bonds. The zero-order valence-corrected chi connectivity index (χ0v) is 9.30. The van der Waals surface area contributed by atoms with E-state index in [0.717, 1.165) is 5.52 Å². The molecule has 0 aliphatic heterocycles. The molecule has 0 saturated heterocycles. The number of carbonyl (C=O) groups is 2. The number of fused-ring (bicyclic) bond motifs is 1. The number of hydrogen-bond donors (Lipinski definition) is 2. The third kappa shape index (κ3) is 2.41. The summed E-state index contributed by atoms with van der Waals surface area (Å²) in [5.41, 5.74) is 1.12. The molecule has 2 aromatic rings. The van der Waals surface area contributed by atoms with Crippen molar-refractivity contribution >= 4 is 17.3 Å². The van der Waals surface area contributed by atoms with Gasteiger partial charge in [-0.1, -0.05) is 6.07 Å². The molecule has 17 heavy (non-hydrogen) atoms. The molecule has 0 spiro atoms. The first-order valence-electron chi connectivity index (χ1n) is 5.14. The summed E-state index contributed by atoms with van der Waals surface area (Å²) in [6, 6.07) is 7.21. The lowest BCUT2D eigenvalue weighted by atomic mass is 10.3. The minimum atomic E-state index is -0.364. The number of carbonyl (C=O) groups excluding carboxylic acids is 2. The average molecular weight is 232 g/mol. The van der Waals surface area contributed by atoms with Crippen LogP contribution in [-0.4, -0.2) is 35.0 Å². The number of hydrogen-bond acceptors (Lipinski definition) is 3. The Morgan fingerprint density at radius 1 is 1.41 bits per heavy atom. The van der Waals surface area contributed by atoms with Crippen LogP contribution in [0.1, 0.15) is 10.5 Å². The second kappa shape index (κ2) is 4.65. The van der Waals surface area contributed by atoms with E-state index in [0.29, 0.717) is 5.69 Å². The van der Waals surface area contributed by atoms with Crippen molar-refractivity contribution in [3.63, 3.8) is 0 Å². The molecule has 2 rings (SSSR count). The van der Waals surface area contributed by atoms with Gasteiger partial charge in [-0.25, -0.2) is 4.52 Å². The molecular formula is C11H12N4O2. The average Bonchev–Trinajstić information content (AvgIpc) is 2.79. The van der Waals surface area contributed by atoms with E-state index < -0.39 is 0 Å². The fraction of sp³-hybridized carbons (Fsp3) is 0.182. The Morgan fingerprint density at radius 3 is 2.94 bits per heavy atom. The van der Waals surface area contributed by atoms with Crippen molar-refractivity contribution in [1.82, 2.24) is 20.2 Å². The van der Waals surface area contributed by atoms with Crippen LogP contribution in [0.2, 0.25) is 0 Å². The number of likely N-dealkylation sites (N-methyl/N-ethyl adjacent to an activating group) is 1. The number of nitrogens with zero attached hydrogens (tertiary/aromatic N) is 2. The Hall–Kier alpha value is -2.37. The van der Waals surface area contributed by atoms with Gasteiger partial charge in [0, 0.05) is 13.2 Å². The third-order valence-corrected chi connectivity index (χ3v) is 2.29. The van der Waals surface area contributed by atoms with Gasteiger partial charge in [0.25, 0.3) is 5.91 Å². The SMILES string of the molecule is CNC(=O)CNC(=O)c1cc2ccccn2n1. The molecule has 0 aliphatic carbocycles. The van der Waals surface area contributed by atoms with Crippen LogP contribution in [-0.2, 0) is 4.79 Å². The summed E-state index contributed by atoms with van der Waals surface area (Å²) in [5, 5.41) is 8.99. The summed E-state index contributed by atoms with van der Waals surface area (Å²) in [6.45, 7) is -0.0524. The first-order valence-corrected chi connectivity index (χ1v) is 5.14. The zero-order chi connectivity index (χ0) is 12.3. The van der Waals surface area contributed by atoms with Gasteiger partial charge in [0.2, 0.25) is 5.91 Å². The zero-order valence-electron chi connectivity index (χ0n) is 9.30. The third-order valence-electron chi connectivity index (χ3n) is 2.29. The van der Waals surface area contributed by atoms with E-state index in [1.54, 1.807) is 16.8 Å². The van der Waals surface area contributed by atoms with Crippen molar-refractivity contribution in [2.45, 2.75) is 0 Å². The topological polar surface area (TPSA) is 75.5 Å². The highest BCUT2D eigenvalue weighted by atomic mass is 16.2. The van der Waals surface area contributed by atoms with Gasteiger partial charge < -0.3 is 10.6 Å². The molecule has 0 aromatic carbocycles. The molecule has 2 aromatic heterocycles. The molecule has 0 radical (unpaired) electrons. The minimum absolute atomic E-state index is 0.0524. The molecule has 0 saturated carbocycles. The van der Waals surface area contributed by atoms with Crippen LogP contribution >= 0.6 is 0 Å². The molecule has 0 fully saturated rings. The van der Waals surface area contributed by atoms with E-state index in [9.17, 15) is 9.59 Å². The van der Waals surface area contributed by atoms with E-state index in [4.69, 9.17) is 0 Å².